The summed E-state index contributed by atoms with van der Waals surface area (Å²) in [6.07, 6.45) is 2.59. The molecular weight excluding hydrogens is 288 g/mol. The normalized spacial score (nSPS) is 35.2. The molecule has 0 aliphatic heterocycles. The molecule has 92 valence electrons. The standard InChI is InChI=1S/C10H13BrN4O2/c11-10-13-8(14-15-10)9(17)12-6-2-4-1-5(6)7(16)3-4/h4-7,16H,1-3H2,(H,12,17)(H,13,14,15)/t4-,5+,6-,7+/m0/s1. The number of nitrogens with zero attached hydrogens (tertiary/aromatic N) is 2. The minimum atomic E-state index is -0.281. The number of halogens is 1. The second-order valence-electron chi connectivity index (χ2n) is 4.83. The Bertz CT molecular complexity index is 449. The minimum absolute atomic E-state index is 0.0634. The summed E-state index contributed by atoms with van der Waals surface area (Å²) < 4.78 is 0.440. The van der Waals surface area contributed by atoms with Crippen LogP contribution in [0.2, 0.25) is 0 Å². The summed E-state index contributed by atoms with van der Waals surface area (Å²) in [6.45, 7) is 0. The van der Waals surface area contributed by atoms with Gasteiger partial charge in [-0.3, -0.25) is 9.89 Å². The van der Waals surface area contributed by atoms with Crippen LogP contribution in [-0.2, 0) is 0 Å². The van der Waals surface area contributed by atoms with Gasteiger partial charge in [-0.15, -0.1) is 5.10 Å². The van der Waals surface area contributed by atoms with Crippen molar-refractivity contribution in [2.24, 2.45) is 11.8 Å². The highest BCUT2D eigenvalue weighted by molar-refractivity contribution is 9.10. The van der Waals surface area contributed by atoms with Crippen molar-refractivity contribution >= 4 is 21.8 Å². The monoisotopic (exact) mass is 300 g/mol. The van der Waals surface area contributed by atoms with Crippen LogP contribution >= 0.6 is 15.9 Å². The van der Waals surface area contributed by atoms with Crippen molar-refractivity contribution in [3.63, 3.8) is 0 Å². The molecule has 0 unspecified atom stereocenters. The number of hydrogen-bond acceptors (Lipinski definition) is 4. The number of amides is 1. The highest BCUT2D eigenvalue weighted by atomic mass is 79.9. The van der Waals surface area contributed by atoms with Gasteiger partial charge in [0.15, 0.2) is 4.73 Å². The van der Waals surface area contributed by atoms with Gasteiger partial charge in [0.25, 0.3) is 5.91 Å². The number of H-pyrrole nitrogens is 1. The van der Waals surface area contributed by atoms with E-state index < -0.39 is 0 Å². The van der Waals surface area contributed by atoms with E-state index in [0.29, 0.717) is 10.7 Å². The van der Waals surface area contributed by atoms with Gasteiger partial charge < -0.3 is 10.4 Å². The van der Waals surface area contributed by atoms with Crippen LogP contribution in [0.15, 0.2) is 4.73 Å². The van der Waals surface area contributed by atoms with Crippen molar-refractivity contribution in [1.82, 2.24) is 20.5 Å². The Kier molecular flexibility index (Phi) is 2.67. The highest BCUT2D eigenvalue weighted by Crippen LogP contribution is 2.44. The predicted molar refractivity (Wildman–Crippen MR) is 62.2 cm³/mol. The summed E-state index contributed by atoms with van der Waals surface area (Å²) in [7, 11) is 0. The number of fused-ring (bicyclic) bond motifs is 2. The number of aliphatic hydroxyl groups is 1. The Balaban J connectivity index is 1.66. The lowest BCUT2D eigenvalue weighted by Gasteiger charge is -2.26. The number of aliphatic hydroxyl groups excluding tert-OH is 1. The average Bonchev–Trinajstić information content (AvgIpc) is 2.92. The van der Waals surface area contributed by atoms with Crippen LogP contribution in [0.3, 0.4) is 0 Å². The fraction of sp³-hybridized carbons (Fsp3) is 0.700. The number of aromatic amines is 1. The number of carbonyl (C=O) groups excluding carboxylic acids is 1. The molecule has 2 fully saturated rings. The molecule has 2 aliphatic rings. The first-order valence-electron chi connectivity index (χ1n) is 5.70. The van der Waals surface area contributed by atoms with Crippen molar-refractivity contribution in [1.29, 1.82) is 0 Å². The maximum absolute atomic E-state index is 11.8. The first-order valence-corrected chi connectivity index (χ1v) is 6.49. The maximum Gasteiger partial charge on any atom is 0.291 e. The van der Waals surface area contributed by atoms with Crippen molar-refractivity contribution < 1.29 is 9.90 Å². The first kappa shape index (κ1) is 11.2. The van der Waals surface area contributed by atoms with E-state index >= 15 is 0 Å². The fourth-order valence-electron chi connectivity index (χ4n) is 3.06. The summed E-state index contributed by atoms with van der Waals surface area (Å²) in [5.41, 5.74) is 0. The molecule has 2 aliphatic carbocycles. The Hall–Kier alpha value is -0.950. The quantitative estimate of drug-likeness (QED) is 0.740. The lowest BCUT2D eigenvalue weighted by Crippen LogP contribution is -2.43. The minimum Gasteiger partial charge on any atom is -0.393 e. The fourth-order valence-corrected chi connectivity index (χ4v) is 3.31. The maximum atomic E-state index is 11.8. The zero-order valence-electron chi connectivity index (χ0n) is 9.06. The largest absolute Gasteiger partial charge is 0.393 e. The molecule has 2 saturated carbocycles. The van der Waals surface area contributed by atoms with Gasteiger partial charge in [0.1, 0.15) is 0 Å². The van der Waals surface area contributed by atoms with E-state index in [1.54, 1.807) is 0 Å². The molecule has 3 N–H and O–H groups in total. The number of rotatable bonds is 2. The molecule has 1 aromatic heterocycles. The number of aromatic nitrogens is 3. The lowest BCUT2D eigenvalue weighted by molar-refractivity contribution is 0.0771. The summed E-state index contributed by atoms with van der Waals surface area (Å²) in [5, 5.41) is 19.0. The number of carbonyl (C=O) groups is 1. The molecule has 1 heterocycles. The van der Waals surface area contributed by atoms with Gasteiger partial charge in [-0.1, -0.05) is 0 Å². The molecule has 2 bridgehead atoms. The van der Waals surface area contributed by atoms with Crippen molar-refractivity contribution in [2.75, 3.05) is 0 Å². The van der Waals surface area contributed by atoms with Crippen molar-refractivity contribution in [3.8, 4) is 0 Å². The third-order valence-corrected chi connectivity index (χ3v) is 4.11. The highest BCUT2D eigenvalue weighted by Gasteiger charge is 2.46. The summed E-state index contributed by atoms with van der Waals surface area (Å²) >= 11 is 3.11. The van der Waals surface area contributed by atoms with Crippen LogP contribution in [0.25, 0.3) is 0 Å². The van der Waals surface area contributed by atoms with E-state index in [1.165, 1.54) is 0 Å². The topological polar surface area (TPSA) is 90.9 Å². The van der Waals surface area contributed by atoms with Gasteiger partial charge in [-0.2, -0.15) is 4.98 Å². The molecule has 0 aromatic carbocycles. The second kappa shape index (κ2) is 4.06. The second-order valence-corrected chi connectivity index (χ2v) is 5.59. The molecule has 7 heteroatoms. The Morgan fingerprint density at radius 3 is 2.88 bits per heavy atom. The molecular formula is C10H13BrN4O2. The molecule has 6 nitrogen and oxygen atoms in total. The van der Waals surface area contributed by atoms with Crippen LogP contribution in [0.5, 0.6) is 0 Å². The SMILES string of the molecule is O=C(N[C@H]1C[C@@H]2C[C@H]1[C@H](O)C2)c1n[nH]c(Br)n1. The molecule has 4 atom stereocenters. The van der Waals surface area contributed by atoms with Gasteiger partial charge in [0, 0.05) is 12.0 Å². The van der Waals surface area contributed by atoms with Gasteiger partial charge in [0.05, 0.1) is 6.10 Å². The third kappa shape index (κ3) is 1.97. The van der Waals surface area contributed by atoms with Crippen molar-refractivity contribution in [3.05, 3.63) is 10.6 Å². The van der Waals surface area contributed by atoms with E-state index in [4.69, 9.17) is 0 Å². The van der Waals surface area contributed by atoms with E-state index in [9.17, 15) is 9.90 Å². The molecule has 1 amide bonds. The molecule has 0 radical (unpaired) electrons. The Labute approximate surface area is 106 Å². The molecule has 3 rings (SSSR count). The predicted octanol–water partition coefficient (Wildman–Crippen LogP) is 0.456. The smallest absolute Gasteiger partial charge is 0.291 e. The number of hydrogen-bond donors (Lipinski definition) is 3. The lowest BCUT2D eigenvalue weighted by atomic mass is 9.93. The van der Waals surface area contributed by atoms with Gasteiger partial charge in [-0.25, -0.2) is 0 Å². The van der Waals surface area contributed by atoms with Gasteiger partial charge >= 0.3 is 0 Å². The van der Waals surface area contributed by atoms with Crippen LogP contribution in [0.4, 0.5) is 0 Å². The summed E-state index contributed by atoms with van der Waals surface area (Å²) in [4.78, 5) is 15.7. The molecule has 0 saturated heterocycles. The Morgan fingerprint density at radius 2 is 2.29 bits per heavy atom. The third-order valence-electron chi connectivity index (χ3n) is 3.76. The molecule has 1 aromatic rings. The van der Waals surface area contributed by atoms with E-state index in [2.05, 4.69) is 36.4 Å². The van der Waals surface area contributed by atoms with Gasteiger partial charge in [0.2, 0.25) is 5.82 Å². The van der Waals surface area contributed by atoms with Crippen LogP contribution in [-0.4, -0.2) is 38.3 Å². The summed E-state index contributed by atoms with van der Waals surface area (Å²) in [5.74, 6) is 0.608. The average molecular weight is 301 g/mol. The van der Waals surface area contributed by atoms with E-state index in [-0.39, 0.29) is 29.8 Å². The van der Waals surface area contributed by atoms with Crippen LogP contribution in [0.1, 0.15) is 29.9 Å². The first-order chi connectivity index (χ1) is 8.13. The Morgan fingerprint density at radius 1 is 1.47 bits per heavy atom. The molecule has 17 heavy (non-hydrogen) atoms. The van der Waals surface area contributed by atoms with Crippen molar-refractivity contribution in [2.45, 2.75) is 31.4 Å². The van der Waals surface area contributed by atoms with E-state index in [1.807, 2.05) is 0 Å². The zero-order chi connectivity index (χ0) is 12.0. The van der Waals surface area contributed by atoms with Gasteiger partial charge in [-0.05, 0) is 41.1 Å². The number of nitrogens with one attached hydrogen (secondary N) is 2. The summed E-state index contributed by atoms with van der Waals surface area (Å²) in [6, 6.07) is 0.0634. The van der Waals surface area contributed by atoms with Crippen LogP contribution in [0, 0.1) is 11.8 Å². The zero-order valence-corrected chi connectivity index (χ0v) is 10.6. The molecule has 0 spiro atoms. The van der Waals surface area contributed by atoms with E-state index in [0.717, 1.165) is 19.3 Å². The van der Waals surface area contributed by atoms with Crippen LogP contribution < -0.4 is 5.32 Å².